The molecule has 0 saturated carbocycles. The molecular weight excluding hydrogens is 172 g/mol. The van der Waals surface area contributed by atoms with E-state index in [1.165, 1.54) is 0 Å². The molecule has 0 saturated heterocycles. The predicted octanol–water partition coefficient (Wildman–Crippen LogP) is 2.07. The van der Waals surface area contributed by atoms with Crippen molar-refractivity contribution in [1.29, 1.82) is 0 Å². The van der Waals surface area contributed by atoms with Crippen LogP contribution in [0.2, 0.25) is 0 Å². The van der Waals surface area contributed by atoms with E-state index in [-0.39, 0.29) is 0 Å². The smallest absolute Gasteiger partial charge is 0.108 e. The molecule has 2 nitrogen and oxygen atoms in total. The zero-order valence-electron chi connectivity index (χ0n) is 7.94. The Labute approximate surface area is 83.2 Å². The second-order valence-electron chi connectivity index (χ2n) is 3.08. The lowest BCUT2D eigenvalue weighted by molar-refractivity contribution is 0.771. The molecule has 1 aromatic carbocycles. The lowest BCUT2D eigenvalue weighted by Crippen LogP contribution is -1.87. The van der Waals surface area contributed by atoms with Crippen LogP contribution in [-0.2, 0) is 7.05 Å². The van der Waals surface area contributed by atoms with E-state index in [9.17, 15) is 0 Å². The van der Waals surface area contributed by atoms with Crippen LogP contribution in [0, 0.1) is 12.3 Å². The first-order valence-electron chi connectivity index (χ1n) is 4.37. The molecule has 0 aliphatic carbocycles. The van der Waals surface area contributed by atoms with Crippen molar-refractivity contribution < 1.29 is 0 Å². The lowest BCUT2D eigenvalue weighted by atomic mass is 10.1. The maximum atomic E-state index is 5.40. The van der Waals surface area contributed by atoms with Crippen LogP contribution < -0.4 is 0 Å². The van der Waals surface area contributed by atoms with Gasteiger partial charge in [0.2, 0.25) is 0 Å². The third kappa shape index (κ3) is 1.40. The quantitative estimate of drug-likeness (QED) is 0.617. The third-order valence-corrected chi connectivity index (χ3v) is 2.03. The Balaban J connectivity index is 2.58. The SMILES string of the molecule is C#Cc1cn(C)nc1-c1ccccc1. The van der Waals surface area contributed by atoms with E-state index < -0.39 is 0 Å². The minimum Gasteiger partial charge on any atom is -0.274 e. The highest BCUT2D eigenvalue weighted by Gasteiger charge is 2.06. The molecule has 0 aliphatic heterocycles. The van der Waals surface area contributed by atoms with Crippen LogP contribution in [-0.4, -0.2) is 9.78 Å². The summed E-state index contributed by atoms with van der Waals surface area (Å²) < 4.78 is 1.73. The summed E-state index contributed by atoms with van der Waals surface area (Å²) in [6.07, 6.45) is 7.25. The number of nitrogens with zero attached hydrogens (tertiary/aromatic N) is 2. The topological polar surface area (TPSA) is 17.8 Å². The number of terminal acetylenes is 1. The average molecular weight is 182 g/mol. The van der Waals surface area contributed by atoms with Gasteiger partial charge in [-0.3, -0.25) is 4.68 Å². The molecule has 2 aromatic rings. The summed E-state index contributed by atoms with van der Waals surface area (Å²) in [7, 11) is 1.87. The highest BCUT2D eigenvalue weighted by atomic mass is 15.2. The highest BCUT2D eigenvalue weighted by molar-refractivity contribution is 5.66. The number of hydrogen-bond donors (Lipinski definition) is 0. The molecule has 1 heterocycles. The maximum Gasteiger partial charge on any atom is 0.108 e. The first-order chi connectivity index (χ1) is 6.81. The Morgan fingerprint density at radius 1 is 1.29 bits per heavy atom. The molecule has 1 aromatic heterocycles. The number of aromatic nitrogens is 2. The third-order valence-electron chi connectivity index (χ3n) is 2.03. The van der Waals surface area contributed by atoms with Gasteiger partial charge in [0.1, 0.15) is 5.69 Å². The zero-order valence-corrected chi connectivity index (χ0v) is 7.94. The molecule has 0 radical (unpaired) electrons. The number of aryl methyl sites for hydroxylation is 1. The molecule has 14 heavy (non-hydrogen) atoms. The van der Waals surface area contributed by atoms with Crippen LogP contribution in [0.4, 0.5) is 0 Å². The van der Waals surface area contributed by atoms with E-state index in [1.807, 2.05) is 43.6 Å². The Morgan fingerprint density at radius 3 is 2.64 bits per heavy atom. The standard InChI is InChI=1S/C12H10N2/c1-3-10-9-14(2)13-12(10)11-7-5-4-6-8-11/h1,4-9H,2H3. The van der Waals surface area contributed by atoms with Gasteiger partial charge in [-0.2, -0.15) is 5.10 Å². The minimum atomic E-state index is 0.832. The van der Waals surface area contributed by atoms with Crippen LogP contribution in [0.1, 0.15) is 5.56 Å². The second kappa shape index (κ2) is 3.39. The second-order valence-corrected chi connectivity index (χ2v) is 3.08. The van der Waals surface area contributed by atoms with Crippen LogP contribution in [0.25, 0.3) is 11.3 Å². The molecule has 2 heteroatoms. The normalized spacial score (nSPS) is 9.71. The van der Waals surface area contributed by atoms with Gasteiger partial charge >= 0.3 is 0 Å². The summed E-state index contributed by atoms with van der Waals surface area (Å²) in [6, 6.07) is 9.93. The van der Waals surface area contributed by atoms with Gasteiger partial charge in [0.25, 0.3) is 0 Å². The van der Waals surface area contributed by atoms with Crippen molar-refractivity contribution in [2.45, 2.75) is 0 Å². The largest absolute Gasteiger partial charge is 0.274 e. The number of hydrogen-bond acceptors (Lipinski definition) is 1. The lowest BCUT2D eigenvalue weighted by Gasteiger charge is -1.95. The minimum absolute atomic E-state index is 0.832. The molecule has 0 N–H and O–H groups in total. The van der Waals surface area contributed by atoms with Crippen LogP contribution in [0.3, 0.4) is 0 Å². The zero-order chi connectivity index (χ0) is 9.97. The van der Waals surface area contributed by atoms with Crippen molar-refractivity contribution in [2.24, 2.45) is 7.05 Å². The highest BCUT2D eigenvalue weighted by Crippen LogP contribution is 2.20. The summed E-state index contributed by atoms with van der Waals surface area (Å²) in [5.41, 5.74) is 2.76. The Hall–Kier alpha value is -2.01. The van der Waals surface area contributed by atoms with Crippen molar-refractivity contribution in [3.8, 4) is 23.6 Å². The van der Waals surface area contributed by atoms with E-state index in [0.29, 0.717) is 0 Å². The van der Waals surface area contributed by atoms with Crippen LogP contribution >= 0.6 is 0 Å². The van der Waals surface area contributed by atoms with E-state index in [2.05, 4.69) is 11.0 Å². The summed E-state index contributed by atoms with van der Waals surface area (Å²) >= 11 is 0. The monoisotopic (exact) mass is 182 g/mol. The molecule has 0 unspecified atom stereocenters. The Kier molecular flexibility index (Phi) is 2.08. The summed E-state index contributed by atoms with van der Waals surface area (Å²) in [6.45, 7) is 0. The van der Waals surface area contributed by atoms with Gasteiger partial charge in [0.15, 0.2) is 0 Å². The first-order valence-corrected chi connectivity index (χ1v) is 4.37. The molecule has 2 rings (SSSR count). The molecular formula is C12H10N2. The molecule has 68 valence electrons. The van der Waals surface area contributed by atoms with E-state index in [4.69, 9.17) is 6.42 Å². The van der Waals surface area contributed by atoms with E-state index >= 15 is 0 Å². The summed E-state index contributed by atoms with van der Waals surface area (Å²) in [5, 5.41) is 4.33. The number of rotatable bonds is 1. The fourth-order valence-electron chi connectivity index (χ4n) is 1.40. The van der Waals surface area contributed by atoms with Gasteiger partial charge < -0.3 is 0 Å². The van der Waals surface area contributed by atoms with Crippen molar-refractivity contribution >= 4 is 0 Å². The van der Waals surface area contributed by atoms with Gasteiger partial charge in [0.05, 0.1) is 5.56 Å². The van der Waals surface area contributed by atoms with Crippen molar-refractivity contribution in [2.75, 3.05) is 0 Å². The summed E-state index contributed by atoms with van der Waals surface area (Å²) in [4.78, 5) is 0. The predicted molar refractivity (Wildman–Crippen MR) is 56.6 cm³/mol. The van der Waals surface area contributed by atoms with Crippen LogP contribution in [0.15, 0.2) is 36.5 Å². The van der Waals surface area contributed by atoms with E-state index in [1.54, 1.807) is 4.68 Å². The fraction of sp³-hybridized carbons (Fsp3) is 0.0833. The van der Waals surface area contributed by atoms with Gasteiger partial charge in [-0.05, 0) is 0 Å². The first kappa shape index (κ1) is 8.58. The van der Waals surface area contributed by atoms with Crippen molar-refractivity contribution in [1.82, 2.24) is 9.78 Å². The average Bonchev–Trinajstić information content (AvgIpc) is 2.61. The van der Waals surface area contributed by atoms with Gasteiger partial charge in [0, 0.05) is 18.8 Å². The molecule has 0 spiro atoms. The molecule has 0 bridgehead atoms. The van der Waals surface area contributed by atoms with Crippen molar-refractivity contribution in [3.63, 3.8) is 0 Å². The van der Waals surface area contributed by atoms with E-state index in [0.717, 1.165) is 16.8 Å². The summed E-state index contributed by atoms with van der Waals surface area (Å²) in [5.74, 6) is 2.63. The van der Waals surface area contributed by atoms with Gasteiger partial charge in [-0.25, -0.2) is 0 Å². The molecule has 0 fully saturated rings. The van der Waals surface area contributed by atoms with Gasteiger partial charge in [-0.15, -0.1) is 6.42 Å². The Morgan fingerprint density at radius 2 is 2.00 bits per heavy atom. The molecule has 0 atom stereocenters. The molecule has 0 amide bonds. The fourth-order valence-corrected chi connectivity index (χ4v) is 1.40. The van der Waals surface area contributed by atoms with Crippen molar-refractivity contribution in [3.05, 3.63) is 42.1 Å². The van der Waals surface area contributed by atoms with Gasteiger partial charge in [-0.1, -0.05) is 36.3 Å². The number of benzene rings is 1. The Bertz CT molecular complexity index is 475. The molecule has 0 aliphatic rings. The maximum absolute atomic E-state index is 5.40. The van der Waals surface area contributed by atoms with Crippen LogP contribution in [0.5, 0.6) is 0 Å².